The van der Waals surface area contributed by atoms with Gasteiger partial charge in [0, 0.05) is 17.8 Å². The SMILES string of the molecule is CC1CCc2cc(F)ccc2N1CC(=O)Nc1ccccc1[N+](=O)[O-]. The lowest BCUT2D eigenvalue weighted by Gasteiger charge is -2.36. The van der Waals surface area contributed by atoms with E-state index in [0.29, 0.717) is 0 Å². The number of anilines is 2. The molecule has 1 atom stereocenters. The highest BCUT2D eigenvalue weighted by molar-refractivity contribution is 5.96. The number of hydrogen-bond acceptors (Lipinski definition) is 4. The third-order valence-corrected chi connectivity index (χ3v) is 4.40. The molecule has 2 aromatic rings. The molecule has 130 valence electrons. The fourth-order valence-electron chi connectivity index (χ4n) is 3.12. The summed E-state index contributed by atoms with van der Waals surface area (Å²) in [6.07, 6.45) is 1.58. The molecule has 1 amide bonds. The molecule has 3 rings (SSSR count). The zero-order valence-corrected chi connectivity index (χ0v) is 13.7. The van der Waals surface area contributed by atoms with E-state index in [-0.39, 0.29) is 35.7 Å². The number of nitro groups is 1. The van der Waals surface area contributed by atoms with Crippen molar-refractivity contribution in [1.82, 2.24) is 0 Å². The molecule has 0 saturated heterocycles. The quantitative estimate of drug-likeness (QED) is 0.681. The van der Waals surface area contributed by atoms with Crippen molar-refractivity contribution in [2.75, 3.05) is 16.8 Å². The smallest absolute Gasteiger partial charge is 0.292 e. The predicted molar refractivity (Wildman–Crippen MR) is 93.3 cm³/mol. The number of nitrogens with zero attached hydrogens (tertiary/aromatic N) is 2. The Labute approximate surface area is 144 Å². The van der Waals surface area contributed by atoms with E-state index in [4.69, 9.17) is 0 Å². The molecule has 6 nitrogen and oxygen atoms in total. The predicted octanol–water partition coefficient (Wildman–Crippen LogP) is 3.51. The number of nitro benzene ring substituents is 1. The largest absolute Gasteiger partial charge is 0.359 e. The molecule has 0 spiro atoms. The van der Waals surface area contributed by atoms with Crippen LogP contribution in [0.1, 0.15) is 18.9 Å². The second-order valence-corrected chi connectivity index (χ2v) is 6.11. The van der Waals surface area contributed by atoms with Crippen LogP contribution in [0, 0.1) is 15.9 Å². The van der Waals surface area contributed by atoms with Gasteiger partial charge in [0.2, 0.25) is 5.91 Å². The van der Waals surface area contributed by atoms with Crippen LogP contribution in [0.4, 0.5) is 21.5 Å². The Morgan fingerprint density at radius 2 is 2.12 bits per heavy atom. The van der Waals surface area contributed by atoms with Gasteiger partial charge in [-0.3, -0.25) is 14.9 Å². The number of fused-ring (bicyclic) bond motifs is 1. The van der Waals surface area contributed by atoms with Crippen molar-refractivity contribution in [3.8, 4) is 0 Å². The summed E-state index contributed by atoms with van der Waals surface area (Å²) in [4.78, 5) is 24.9. The molecule has 1 heterocycles. The number of benzene rings is 2. The molecular weight excluding hydrogens is 325 g/mol. The van der Waals surface area contributed by atoms with E-state index in [0.717, 1.165) is 24.1 Å². The molecule has 0 radical (unpaired) electrons. The van der Waals surface area contributed by atoms with Gasteiger partial charge in [-0.2, -0.15) is 0 Å². The first kappa shape index (κ1) is 16.9. The van der Waals surface area contributed by atoms with Gasteiger partial charge in [0.05, 0.1) is 11.5 Å². The van der Waals surface area contributed by atoms with Crippen molar-refractivity contribution in [2.45, 2.75) is 25.8 Å². The average Bonchev–Trinajstić information content (AvgIpc) is 2.57. The third-order valence-electron chi connectivity index (χ3n) is 4.40. The maximum atomic E-state index is 13.4. The number of para-hydroxylation sites is 2. The minimum Gasteiger partial charge on any atom is -0.359 e. The maximum absolute atomic E-state index is 13.4. The summed E-state index contributed by atoms with van der Waals surface area (Å²) in [5.41, 5.74) is 1.72. The molecule has 0 aliphatic carbocycles. The highest BCUT2D eigenvalue weighted by atomic mass is 19.1. The van der Waals surface area contributed by atoms with Crippen molar-refractivity contribution >= 4 is 23.0 Å². The van der Waals surface area contributed by atoms with Crippen molar-refractivity contribution in [2.24, 2.45) is 0 Å². The van der Waals surface area contributed by atoms with E-state index in [1.54, 1.807) is 18.2 Å². The minimum absolute atomic E-state index is 0.0475. The lowest BCUT2D eigenvalue weighted by Crippen LogP contribution is -2.42. The number of rotatable bonds is 4. The van der Waals surface area contributed by atoms with E-state index >= 15 is 0 Å². The number of nitrogens with one attached hydrogen (secondary N) is 1. The van der Waals surface area contributed by atoms with Crippen LogP contribution in [0.2, 0.25) is 0 Å². The summed E-state index contributed by atoms with van der Waals surface area (Å²) >= 11 is 0. The van der Waals surface area contributed by atoms with E-state index in [2.05, 4.69) is 5.32 Å². The summed E-state index contributed by atoms with van der Waals surface area (Å²) < 4.78 is 13.4. The average molecular weight is 343 g/mol. The molecule has 0 fully saturated rings. The van der Waals surface area contributed by atoms with Gasteiger partial charge in [-0.05, 0) is 49.6 Å². The minimum atomic E-state index is -0.531. The van der Waals surface area contributed by atoms with E-state index in [1.165, 1.54) is 24.3 Å². The molecule has 0 saturated carbocycles. The number of carbonyl (C=O) groups excluding carboxylic acids is 1. The summed E-state index contributed by atoms with van der Waals surface area (Å²) in [6, 6.07) is 10.7. The summed E-state index contributed by atoms with van der Waals surface area (Å²) in [5, 5.41) is 13.7. The summed E-state index contributed by atoms with van der Waals surface area (Å²) in [5.74, 6) is -0.643. The molecule has 0 bridgehead atoms. The zero-order valence-electron chi connectivity index (χ0n) is 13.7. The topological polar surface area (TPSA) is 75.5 Å². The van der Waals surface area contributed by atoms with E-state index < -0.39 is 4.92 Å². The first-order valence-electron chi connectivity index (χ1n) is 8.04. The molecule has 1 aliphatic heterocycles. The van der Waals surface area contributed by atoms with Crippen LogP contribution in [0.5, 0.6) is 0 Å². The Kier molecular flexibility index (Phi) is 4.65. The standard InChI is InChI=1S/C18H18FN3O3/c1-12-6-7-13-10-14(19)8-9-16(13)21(12)11-18(23)20-15-4-2-3-5-17(15)22(24)25/h2-5,8-10,12H,6-7,11H2,1H3,(H,20,23). The highest BCUT2D eigenvalue weighted by Crippen LogP contribution is 2.31. The summed E-state index contributed by atoms with van der Waals surface area (Å²) in [7, 11) is 0. The molecule has 7 heteroatoms. The van der Waals surface area contributed by atoms with Crippen LogP contribution in [-0.2, 0) is 11.2 Å². The number of amides is 1. The normalized spacial score (nSPS) is 16.2. The second-order valence-electron chi connectivity index (χ2n) is 6.11. The van der Waals surface area contributed by atoms with E-state index in [1.807, 2.05) is 11.8 Å². The van der Waals surface area contributed by atoms with Gasteiger partial charge in [0.25, 0.3) is 5.69 Å². The molecule has 1 aliphatic rings. The Hall–Kier alpha value is -2.96. The third kappa shape index (κ3) is 3.60. The first-order chi connectivity index (χ1) is 12.0. The number of halogens is 1. The Balaban J connectivity index is 1.79. The van der Waals surface area contributed by atoms with Crippen LogP contribution in [0.3, 0.4) is 0 Å². The van der Waals surface area contributed by atoms with Crippen molar-refractivity contribution in [3.05, 3.63) is 64.0 Å². The van der Waals surface area contributed by atoms with Gasteiger partial charge in [-0.15, -0.1) is 0 Å². The highest BCUT2D eigenvalue weighted by Gasteiger charge is 2.26. The number of hydrogen-bond donors (Lipinski definition) is 1. The fourth-order valence-corrected chi connectivity index (χ4v) is 3.12. The van der Waals surface area contributed by atoms with Crippen LogP contribution in [0.15, 0.2) is 42.5 Å². The lowest BCUT2D eigenvalue weighted by molar-refractivity contribution is -0.383. The van der Waals surface area contributed by atoms with Gasteiger partial charge in [0.15, 0.2) is 0 Å². The Bertz CT molecular complexity index is 825. The van der Waals surface area contributed by atoms with Gasteiger partial charge in [-0.25, -0.2) is 4.39 Å². The molecule has 25 heavy (non-hydrogen) atoms. The number of carbonyl (C=O) groups is 1. The molecule has 2 aromatic carbocycles. The van der Waals surface area contributed by atoms with Crippen molar-refractivity contribution in [1.29, 1.82) is 0 Å². The van der Waals surface area contributed by atoms with Crippen LogP contribution >= 0.6 is 0 Å². The van der Waals surface area contributed by atoms with Gasteiger partial charge in [0.1, 0.15) is 11.5 Å². The maximum Gasteiger partial charge on any atom is 0.292 e. The molecule has 1 N–H and O–H groups in total. The summed E-state index contributed by atoms with van der Waals surface area (Å²) in [6.45, 7) is 2.05. The second kappa shape index (κ2) is 6.88. The molecular formula is C18H18FN3O3. The molecule has 0 aromatic heterocycles. The number of aryl methyl sites for hydroxylation is 1. The fraction of sp³-hybridized carbons (Fsp3) is 0.278. The molecule has 1 unspecified atom stereocenters. The van der Waals surface area contributed by atoms with Crippen molar-refractivity contribution < 1.29 is 14.1 Å². The van der Waals surface area contributed by atoms with Gasteiger partial charge < -0.3 is 10.2 Å². The van der Waals surface area contributed by atoms with Crippen molar-refractivity contribution in [3.63, 3.8) is 0 Å². The van der Waals surface area contributed by atoms with Crippen LogP contribution < -0.4 is 10.2 Å². The Morgan fingerprint density at radius 1 is 1.36 bits per heavy atom. The van der Waals surface area contributed by atoms with Crippen LogP contribution in [-0.4, -0.2) is 23.4 Å². The first-order valence-corrected chi connectivity index (χ1v) is 8.04. The van der Waals surface area contributed by atoms with Crippen LogP contribution in [0.25, 0.3) is 0 Å². The van der Waals surface area contributed by atoms with Gasteiger partial charge in [-0.1, -0.05) is 12.1 Å². The monoisotopic (exact) mass is 343 g/mol. The zero-order chi connectivity index (χ0) is 18.0. The Morgan fingerprint density at radius 3 is 2.88 bits per heavy atom. The van der Waals surface area contributed by atoms with Gasteiger partial charge >= 0.3 is 0 Å². The lowest BCUT2D eigenvalue weighted by atomic mass is 9.96. The van der Waals surface area contributed by atoms with E-state index in [9.17, 15) is 19.3 Å².